The Balaban J connectivity index is 1.50. The molecule has 0 amide bonds. The van der Waals surface area contributed by atoms with Gasteiger partial charge < -0.3 is 9.47 Å². The second-order valence-electron chi connectivity index (χ2n) is 7.34. The minimum Gasteiger partial charge on any atom is -0.373 e. The van der Waals surface area contributed by atoms with E-state index in [-0.39, 0.29) is 5.41 Å². The lowest BCUT2D eigenvalue weighted by Crippen LogP contribution is -2.19. The molecule has 0 aromatic heterocycles. The molecule has 2 heteroatoms. The van der Waals surface area contributed by atoms with Crippen molar-refractivity contribution >= 4 is 0 Å². The van der Waals surface area contributed by atoms with Crippen LogP contribution in [-0.4, -0.2) is 25.4 Å². The third-order valence-corrected chi connectivity index (χ3v) is 5.08. The normalized spacial score (nSPS) is 22.9. The van der Waals surface area contributed by atoms with Gasteiger partial charge in [-0.1, -0.05) is 62.4 Å². The van der Waals surface area contributed by atoms with E-state index in [1.165, 1.54) is 22.3 Å². The summed E-state index contributed by atoms with van der Waals surface area (Å²) >= 11 is 0. The predicted molar refractivity (Wildman–Crippen MR) is 91.9 cm³/mol. The van der Waals surface area contributed by atoms with Crippen LogP contribution in [0.2, 0.25) is 0 Å². The Morgan fingerprint density at radius 3 is 1.39 bits per heavy atom. The lowest BCUT2D eigenvalue weighted by atomic mass is 9.77. The van der Waals surface area contributed by atoms with Gasteiger partial charge in [0, 0.05) is 18.3 Å². The lowest BCUT2D eigenvalue weighted by Gasteiger charge is -2.26. The van der Waals surface area contributed by atoms with Crippen LogP contribution in [0.3, 0.4) is 0 Å². The standard InChI is InChI=1S/C21H24O2/c1-21(2,17-7-3-15(4-8-17)11-19-13-22-19)18-9-5-16(6-10-18)12-20-14-23-20/h3-10,19-20H,11-14H2,1-2H3. The third kappa shape index (κ3) is 3.49. The Morgan fingerprint density at radius 1 is 0.739 bits per heavy atom. The topological polar surface area (TPSA) is 25.1 Å². The van der Waals surface area contributed by atoms with Crippen LogP contribution in [0.5, 0.6) is 0 Å². The molecule has 0 saturated carbocycles. The molecule has 0 spiro atoms. The molecule has 2 aromatic carbocycles. The first kappa shape index (κ1) is 14.9. The summed E-state index contributed by atoms with van der Waals surface area (Å²) in [5.74, 6) is 0. The lowest BCUT2D eigenvalue weighted by molar-refractivity contribution is 0.407. The second kappa shape index (κ2) is 5.77. The van der Waals surface area contributed by atoms with Crippen LogP contribution < -0.4 is 0 Å². The fourth-order valence-electron chi connectivity index (χ4n) is 3.18. The van der Waals surface area contributed by atoms with Crippen LogP contribution >= 0.6 is 0 Å². The quantitative estimate of drug-likeness (QED) is 0.756. The molecule has 2 unspecified atom stereocenters. The summed E-state index contributed by atoms with van der Waals surface area (Å²) in [6.45, 7) is 6.44. The fraction of sp³-hybridized carbons (Fsp3) is 0.429. The average Bonchev–Trinajstić information content (AvgIpc) is 3.45. The number of hydrogen-bond donors (Lipinski definition) is 0. The van der Waals surface area contributed by atoms with Crippen LogP contribution in [0.4, 0.5) is 0 Å². The molecule has 0 aliphatic carbocycles. The van der Waals surface area contributed by atoms with Crippen molar-refractivity contribution in [3.05, 3.63) is 70.8 Å². The Hall–Kier alpha value is -1.64. The fourth-order valence-corrected chi connectivity index (χ4v) is 3.18. The number of epoxide rings is 2. The molecular formula is C21H24O2. The van der Waals surface area contributed by atoms with E-state index in [4.69, 9.17) is 9.47 Å². The molecule has 0 N–H and O–H groups in total. The number of rotatable bonds is 6. The van der Waals surface area contributed by atoms with Crippen LogP contribution in [0.1, 0.15) is 36.1 Å². The van der Waals surface area contributed by atoms with Gasteiger partial charge in [0.15, 0.2) is 0 Å². The molecule has 2 aliphatic rings. The zero-order chi connectivity index (χ0) is 15.9. The molecule has 2 atom stereocenters. The van der Waals surface area contributed by atoms with Crippen molar-refractivity contribution in [2.45, 2.75) is 44.3 Å². The minimum absolute atomic E-state index is 0.0171. The van der Waals surface area contributed by atoms with E-state index in [1.54, 1.807) is 0 Å². The molecule has 2 heterocycles. The summed E-state index contributed by atoms with van der Waals surface area (Å²) in [7, 11) is 0. The van der Waals surface area contributed by atoms with Gasteiger partial charge in [0.05, 0.1) is 25.4 Å². The van der Waals surface area contributed by atoms with Crippen LogP contribution in [0.25, 0.3) is 0 Å². The summed E-state index contributed by atoms with van der Waals surface area (Å²) in [5, 5.41) is 0. The smallest absolute Gasteiger partial charge is 0.0850 e. The predicted octanol–water partition coefficient (Wildman–Crippen LogP) is 3.90. The summed E-state index contributed by atoms with van der Waals surface area (Å²) < 4.78 is 10.6. The minimum atomic E-state index is 0.0171. The van der Waals surface area contributed by atoms with Crippen LogP contribution in [-0.2, 0) is 27.7 Å². The molecule has 23 heavy (non-hydrogen) atoms. The SMILES string of the molecule is CC(C)(c1ccc(CC2CO2)cc1)c1ccc(CC2CO2)cc1. The first-order valence-electron chi connectivity index (χ1n) is 8.53. The molecule has 2 saturated heterocycles. The molecule has 0 bridgehead atoms. The van der Waals surface area contributed by atoms with Crippen molar-refractivity contribution in [3.63, 3.8) is 0 Å². The highest BCUT2D eigenvalue weighted by Gasteiger charge is 2.26. The Labute approximate surface area is 138 Å². The van der Waals surface area contributed by atoms with Gasteiger partial charge >= 0.3 is 0 Å². The van der Waals surface area contributed by atoms with Gasteiger partial charge in [-0.2, -0.15) is 0 Å². The molecule has 2 aliphatic heterocycles. The number of hydrogen-bond acceptors (Lipinski definition) is 2. The third-order valence-electron chi connectivity index (χ3n) is 5.08. The number of ether oxygens (including phenoxy) is 2. The van der Waals surface area contributed by atoms with E-state index in [0.717, 1.165) is 26.1 Å². The van der Waals surface area contributed by atoms with Crippen molar-refractivity contribution in [1.29, 1.82) is 0 Å². The first-order valence-corrected chi connectivity index (χ1v) is 8.53. The van der Waals surface area contributed by atoms with Crippen molar-refractivity contribution in [1.82, 2.24) is 0 Å². The van der Waals surface area contributed by atoms with E-state index in [0.29, 0.717) is 12.2 Å². The summed E-state index contributed by atoms with van der Waals surface area (Å²) in [5.41, 5.74) is 5.47. The van der Waals surface area contributed by atoms with Crippen molar-refractivity contribution in [2.75, 3.05) is 13.2 Å². The van der Waals surface area contributed by atoms with Gasteiger partial charge in [0.25, 0.3) is 0 Å². The van der Waals surface area contributed by atoms with Crippen LogP contribution in [0.15, 0.2) is 48.5 Å². The number of benzene rings is 2. The van der Waals surface area contributed by atoms with E-state index < -0.39 is 0 Å². The van der Waals surface area contributed by atoms with Crippen molar-refractivity contribution in [3.8, 4) is 0 Å². The van der Waals surface area contributed by atoms with Gasteiger partial charge in [0.1, 0.15) is 0 Å². The van der Waals surface area contributed by atoms with Gasteiger partial charge in [0.2, 0.25) is 0 Å². The van der Waals surface area contributed by atoms with Crippen molar-refractivity contribution in [2.24, 2.45) is 0 Å². The molecular weight excluding hydrogens is 284 g/mol. The molecule has 120 valence electrons. The highest BCUT2D eigenvalue weighted by atomic mass is 16.6. The highest BCUT2D eigenvalue weighted by Crippen LogP contribution is 2.32. The Bertz CT molecular complexity index is 602. The zero-order valence-electron chi connectivity index (χ0n) is 13.9. The highest BCUT2D eigenvalue weighted by molar-refractivity contribution is 5.40. The summed E-state index contributed by atoms with van der Waals surface area (Å²) in [4.78, 5) is 0. The van der Waals surface area contributed by atoms with Gasteiger partial charge in [-0.25, -0.2) is 0 Å². The molecule has 4 rings (SSSR count). The first-order chi connectivity index (χ1) is 11.1. The molecule has 2 fully saturated rings. The Kier molecular flexibility index (Phi) is 3.74. The molecule has 0 radical (unpaired) electrons. The van der Waals surface area contributed by atoms with E-state index in [2.05, 4.69) is 62.4 Å². The van der Waals surface area contributed by atoms with E-state index >= 15 is 0 Å². The second-order valence-corrected chi connectivity index (χ2v) is 7.34. The van der Waals surface area contributed by atoms with Gasteiger partial charge in [-0.05, 0) is 22.3 Å². The maximum atomic E-state index is 5.31. The monoisotopic (exact) mass is 308 g/mol. The summed E-state index contributed by atoms with van der Waals surface area (Å²) in [6.07, 6.45) is 2.99. The summed E-state index contributed by atoms with van der Waals surface area (Å²) in [6, 6.07) is 18.1. The van der Waals surface area contributed by atoms with Crippen molar-refractivity contribution < 1.29 is 9.47 Å². The van der Waals surface area contributed by atoms with E-state index in [9.17, 15) is 0 Å². The maximum absolute atomic E-state index is 5.31. The molecule has 2 nitrogen and oxygen atoms in total. The van der Waals surface area contributed by atoms with Gasteiger partial charge in [-0.3, -0.25) is 0 Å². The molecule has 2 aromatic rings. The zero-order valence-corrected chi connectivity index (χ0v) is 13.9. The van der Waals surface area contributed by atoms with Gasteiger partial charge in [-0.15, -0.1) is 0 Å². The Morgan fingerprint density at radius 2 is 1.09 bits per heavy atom. The van der Waals surface area contributed by atoms with Crippen LogP contribution in [0, 0.1) is 0 Å². The van der Waals surface area contributed by atoms with E-state index in [1.807, 2.05) is 0 Å². The maximum Gasteiger partial charge on any atom is 0.0850 e. The largest absolute Gasteiger partial charge is 0.373 e. The average molecular weight is 308 g/mol.